The maximum absolute atomic E-state index is 12.4. The average molecular weight is 318 g/mol. The van der Waals surface area contributed by atoms with Gasteiger partial charge in [0.25, 0.3) is 0 Å². The molecule has 2 rings (SSSR count). The number of hydrogen-bond donors (Lipinski definition) is 1. The number of carbonyl (C=O) groups is 1. The van der Waals surface area contributed by atoms with Crippen LogP contribution < -0.4 is 5.73 Å². The van der Waals surface area contributed by atoms with Gasteiger partial charge < -0.3 is 15.2 Å². The molecule has 0 unspecified atom stereocenters. The van der Waals surface area contributed by atoms with E-state index in [1.54, 1.807) is 6.92 Å². The molecule has 22 heavy (non-hydrogen) atoms. The Bertz CT molecular complexity index is 653. The van der Waals surface area contributed by atoms with E-state index >= 15 is 0 Å². The number of nitriles is 1. The number of rotatable bonds is 5. The molecule has 0 amide bonds. The SMILES string of the molecule is CCCC1=C(C(=O)OCC)[C@H](c2cccs2)C(C#N)=C(N)O1. The van der Waals surface area contributed by atoms with Gasteiger partial charge in [0.05, 0.1) is 18.1 Å². The van der Waals surface area contributed by atoms with Gasteiger partial charge in [-0.05, 0) is 24.8 Å². The summed E-state index contributed by atoms with van der Waals surface area (Å²) in [5.74, 6) is -0.405. The number of carbonyl (C=O) groups excluding carboxylic acids is 1. The molecule has 0 radical (unpaired) electrons. The fraction of sp³-hybridized carbons (Fsp3) is 0.375. The molecule has 0 saturated carbocycles. The molecule has 0 fully saturated rings. The minimum absolute atomic E-state index is 0.0670. The smallest absolute Gasteiger partial charge is 0.338 e. The molecule has 1 aliphatic rings. The molecule has 116 valence electrons. The summed E-state index contributed by atoms with van der Waals surface area (Å²) in [6.07, 6.45) is 1.36. The number of ether oxygens (including phenoxy) is 2. The Morgan fingerprint density at radius 3 is 2.86 bits per heavy atom. The third-order valence-electron chi connectivity index (χ3n) is 3.30. The Kier molecular flexibility index (Phi) is 5.23. The Balaban J connectivity index is 2.59. The molecular formula is C16H18N2O3S. The molecule has 1 aliphatic heterocycles. The van der Waals surface area contributed by atoms with Gasteiger partial charge in [0, 0.05) is 11.3 Å². The van der Waals surface area contributed by atoms with E-state index in [9.17, 15) is 10.1 Å². The lowest BCUT2D eigenvalue weighted by molar-refractivity contribution is -0.139. The van der Waals surface area contributed by atoms with Gasteiger partial charge in [0.2, 0.25) is 5.88 Å². The van der Waals surface area contributed by atoms with Crippen molar-refractivity contribution in [2.45, 2.75) is 32.6 Å². The first-order valence-corrected chi connectivity index (χ1v) is 8.03. The van der Waals surface area contributed by atoms with Crippen molar-refractivity contribution >= 4 is 17.3 Å². The van der Waals surface area contributed by atoms with Gasteiger partial charge >= 0.3 is 5.97 Å². The van der Waals surface area contributed by atoms with Crippen LogP contribution in [0.4, 0.5) is 0 Å². The first-order chi connectivity index (χ1) is 10.6. The van der Waals surface area contributed by atoms with Crippen LogP contribution in [-0.2, 0) is 14.3 Å². The number of esters is 1. The molecule has 2 N–H and O–H groups in total. The van der Waals surface area contributed by atoms with Gasteiger partial charge in [-0.3, -0.25) is 0 Å². The van der Waals surface area contributed by atoms with Gasteiger partial charge in [-0.15, -0.1) is 11.3 Å². The highest BCUT2D eigenvalue weighted by atomic mass is 32.1. The number of thiophene rings is 1. The van der Waals surface area contributed by atoms with Crippen molar-refractivity contribution in [2.24, 2.45) is 5.73 Å². The number of nitrogens with zero attached hydrogens (tertiary/aromatic N) is 1. The quantitative estimate of drug-likeness (QED) is 0.843. The highest BCUT2D eigenvalue weighted by Crippen LogP contribution is 2.42. The molecule has 0 spiro atoms. The van der Waals surface area contributed by atoms with Gasteiger partial charge in [0.1, 0.15) is 17.4 Å². The predicted molar refractivity (Wildman–Crippen MR) is 83.5 cm³/mol. The highest BCUT2D eigenvalue weighted by Gasteiger charge is 2.37. The summed E-state index contributed by atoms with van der Waals surface area (Å²) in [4.78, 5) is 13.3. The van der Waals surface area contributed by atoms with Gasteiger partial charge in [-0.2, -0.15) is 5.26 Å². The maximum atomic E-state index is 12.4. The third-order valence-corrected chi connectivity index (χ3v) is 4.23. The second kappa shape index (κ2) is 7.14. The van der Waals surface area contributed by atoms with E-state index in [2.05, 4.69) is 6.07 Å². The van der Waals surface area contributed by atoms with Crippen molar-refractivity contribution in [1.82, 2.24) is 0 Å². The zero-order valence-electron chi connectivity index (χ0n) is 12.6. The average Bonchev–Trinajstić information content (AvgIpc) is 3.01. The summed E-state index contributed by atoms with van der Waals surface area (Å²) in [5.41, 5.74) is 6.54. The minimum atomic E-state index is -0.514. The highest BCUT2D eigenvalue weighted by molar-refractivity contribution is 7.10. The van der Waals surface area contributed by atoms with E-state index in [1.807, 2.05) is 24.4 Å². The summed E-state index contributed by atoms with van der Waals surface area (Å²) < 4.78 is 10.7. The van der Waals surface area contributed by atoms with Crippen molar-refractivity contribution in [3.05, 3.63) is 45.2 Å². The second-order valence-electron chi connectivity index (χ2n) is 4.75. The van der Waals surface area contributed by atoms with Crippen LogP contribution in [0.2, 0.25) is 0 Å². The Morgan fingerprint density at radius 1 is 1.55 bits per heavy atom. The standard InChI is InChI=1S/C16H18N2O3S/c1-3-6-11-14(16(19)20-4-2)13(12-7-5-8-22-12)10(9-17)15(18)21-11/h5,7-8,13H,3-4,6,18H2,1-2H3/t13-/m0/s1. The number of nitrogens with two attached hydrogens (primary N) is 1. The minimum Gasteiger partial charge on any atom is -0.463 e. The summed E-state index contributed by atoms with van der Waals surface area (Å²) in [7, 11) is 0. The molecular weight excluding hydrogens is 300 g/mol. The van der Waals surface area contributed by atoms with Crippen LogP contribution in [0.25, 0.3) is 0 Å². The van der Waals surface area contributed by atoms with E-state index in [1.165, 1.54) is 11.3 Å². The summed E-state index contributed by atoms with van der Waals surface area (Å²) in [6.45, 7) is 4.00. The van der Waals surface area contributed by atoms with Crippen LogP contribution in [0.1, 0.15) is 37.5 Å². The number of allylic oxidation sites excluding steroid dienone is 2. The Morgan fingerprint density at radius 2 is 2.32 bits per heavy atom. The first kappa shape index (κ1) is 16.1. The summed E-state index contributed by atoms with van der Waals surface area (Å²) in [5, 5.41) is 11.3. The largest absolute Gasteiger partial charge is 0.463 e. The van der Waals surface area contributed by atoms with Crippen LogP contribution in [0, 0.1) is 11.3 Å². The van der Waals surface area contributed by atoms with Crippen molar-refractivity contribution in [3.63, 3.8) is 0 Å². The molecule has 1 aromatic rings. The molecule has 0 bridgehead atoms. The van der Waals surface area contributed by atoms with E-state index in [-0.39, 0.29) is 18.1 Å². The van der Waals surface area contributed by atoms with Gasteiger partial charge in [0.15, 0.2) is 0 Å². The van der Waals surface area contributed by atoms with Crippen molar-refractivity contribution in [1.29, 1.82) is 5.26 Å². The van der Waals surface area contributed by atoms with Crippen LogP contribution in [0.15, 0.2) is 40.3 Å². The normalized spacial score (nSPS) is 18.0. The lowest BCUT2D eigenvalue weighted by Crippen LogP contribution is -2.25. The summed E-state index contributed by atoms with van der Waals surface area (Å²) in [6, 6.07) is 5.84. The molecule has 2 heterocycles. The molecule has 5 nitrogen and oxygen atoms in total. The van der Waals surface area contributed by atoms with Gasteiger partial charge in [-0.25, -0.2) is 4.79 Å². The van der Waals surface area contributed by atoms with Crippen molar-refractivity contribution < 1.29 is 14.3 Å². The van der Waals surface area contributed by atoms with Crippen molar-refractivity contribution in [3.8, 4) is 6.07 Å². The maximum Gasteiger partial charge on any atom is 0.338 e. The molecule has 6 heteroatoms. The third kappa shape index (κ3) is 3.00. The van der Waals surface area contributed by atoms with Gasteiger partial charge in [-0.1, -0.05) is 13.0 Å². The molecule has 0 saturated heterocycles. The fourth-order valence-electron chi connectivity index (χ4n) is 2.40. The Labute approximate surface area is 133 Å². The lowest BCUT2D eigenvalue weighted by atomic mass is 9.86. The first-order valence-electron chi connectivity index (χ1n) is 7.15. The zero-order valence-corrected chi connectivity index (χ0v) is 13.4. The molecule has 1 atom stereocenters. The zero-order chi connectivity index (χ0) is 16.1. The van der Waals surface area contributed by atoms with Crippen LogP contribution in [0.5, 0.6) is 0 Å². The Hall–Kier alpha value is -2.26. The summed E-state index contributed by atoms with van der Waals surface area (Å²) >= 11 is 1.47. The van der Waals surface area contributed by atoms with E-state index in [0.717, 1.165) is 11.3 Å². The predicted octanol–water partition coefficient (Wildman–Crippen LogP) is 3.17. The van der Waals surface area contributed by atoms with E-state index in [0.29, 0.717) is 17.8 Å². The van der Waals surface area contributed by atoms with Crippen molar-refractivity contribution in [2.75, 3.05) is 6.61 Å². The topological polar surface area (TPSA) is 85.3 Å². The van der Waals surface area contributed by atoms with E-state index in [4.69, 9.17) is 15.2 Å². The van der Waals surface area contributed by atoms with E-state index < -0.39 is 11.9 Å². The lowest BCUT2D eigenvalue weighted by Gasteiger charge is -2.27. The van der Waals surface area contributed by atoms with Crippen LogP contribution in [-0.4, -0.2) is 12.6 Å². The monoisotopic (exact) mass is 318 g/mol. The second-order valence-corrected chi connectivity index (χ2v) is 5.73. The number of hydrogen-bond acceptors (Lipinski definition) is 6. The molecule has 1 aromatic heterocycles. The molecule has 0 aromatic carbocycles. The van der Waals surface area contributed by atoms with Crippen LogP contribution in [0.3, 0.4) is 0 Å². The fourth-order valence-corrected chi connectivity index (χ4v) is 3.25. The molecule has 0 aliphatic carbocycles. The van der Waals surface area contributed by atoms with Crippen LogP contribution >= 0.6 is 11.3 Å².